The van der Waals surface area contributed by atoms with Crippen molar-refractivity contribution in [3.05, 3.63) is 0 Å². The molecule has 2 bridgehead atoms. The van der Waals surface area contributed by atoms with Crippen LogP contribution in [0, 0.1) is 5.92 Å². The van der Waals surface area contributed by atoms with E-state index in [4.69, 9.17) is 9.47 Å². The van der Waals surface area contributed by atoms with Gasteiger partial charge in [0.1, 0.15) is 11.7 Å². The highest BCUT2D eigenvalue weighted by Gasteiger charge is 2.73. The molecule has 0 aromatic heterocycles. The summed E-state index contributed by atoms with van der Waals surface area (Å²) >= 11 is 0. The Kier molecular flexibility index (Phi) is 3.18. The molecule has 2 amide bonds. The monoisotopic (exact) mass is 338 g/mol. The van der Waals surface area contributed by atoms with Gasteiger partial charge in [-0.3, -0.25) is 4.90 Å². The predicted molar refractivity (Wildman–Crippen MR) is 84.4 cm³/mol. The van der Waals surface area contributed by atoms with Gasteiger partial charge >= 0.3 is 12.2 Å². The number of carbonyl (C=O) groups is 2. The van der Waals surface area contributed by atoms with E-state index in [0.29, 0.717) is 6.54 Å². The van der Waals surface area contributed by atoms with Gasteiger partial charge in [0.25, 0.3) is 0 Å². The number of aliphatic hydroxyl groups is 1. The summed E-state index contributed by atoms with van der Waals surface area (Å²) < 4.78 is 10.8. The predicted octanol–water partition coefficient (Wildman–Crippen LogP) is 1.78. The minimum Gasteiger partial charge on any atom is -0.444 e. The molecule has 0 aromatic rings. The number of amides is 2. The first-order valence-electron chi connectivity index (χ1n) is 8.77. The third kappa shape index (κ3) is 2.44. The third-order valence-corrected chi connectivity index (χ3v) is 5.85. The highest BCUT2D eigenvalue weighted by molar-refractivity contribution is 5.74. The van der Waals surface area contributed by atoms with Crippen molar-refractivity contribution in [1.29, 1.82) is 0 Å². The van der Waals surface area contributed by atoms with Crippen molar-refractivity contribution in [2.75, 3.05) is 6.54 Å². The second-order valence-corrected chi connectivity index (χ2v) is 9.08. The van der Waals surface area contributed by atoms with Crippen LogP contribution in [0.1, 0.15) is 52.9 Å². The number of aliphatic hydroxyl groups excluding tert-OH is 1. The number of ether oxygens (including phenoxy) is 2. The molecule has 5 aliphatic rings. The van der Waals surface area contributed by atoms with E-state index < -0.39 is 5.60 Å². The molecule has 0 spiro atoms. The minimum absolute atomic E-state index is 0.0929. The van der Waals surface area contributed by atoms with Crippen LogP contribution in [0.15, 0.2) is 0 Å². The van der Waals surface area contributed by atoms with Crippen molar-refractivity contribution in [2.45, 2.75) is 81.8 Å². The number of nitrogens with zero attached hydrogens (tertiary/aromatic N) is 1. The molecule has 24 heavy (non-hydrogen) atoms. The number of hydrogen-bond acceptors (Lipinski definition) is 5. The number of nitrogens with one attached hydrogen (secondary N) is 1. The Bertz CT molecular complexity index is 558. The summed E-state index contributed by atoms with van der Waals surface area (Å²) in [5.74, 6) is 0.287. The molecule has 1 heterocycles. The Labute approximate surface area is 141 Å². The topological polar surface area (TPSA) is 88.1 Å². The summed E-state index contributed by atoms with van der Waals surface area (Å²) in [5, 5.41) is 12.4. The van der Waals surface area contributed by atoms with E-state index in [1.807, 2.05) is 25.7 Å². The van der Waals surface area contributed by atoms with Crippen molar-refractivity contribution in [3.63, 3.8) is 0 Å². The molecule has 7 nitrogen and oxygen atoms in total. The second kappa shape index (κ2) is 4.77. The van der Waals surface area contributed by atoms with Crippen LogP contribution in [0.25, 0.3) is 0 Å². The Morgan fingerprint density at radius 2 is 1.96 bits per heavy atom. The van der Waals surface area contributed by atoms with Crippen molar-refractivity contribution in [3.8, 4) is 0 Å². The van der Waals surface area contributed by atoms with Crippen LogP contribution in [-0.4, -0.2) is 57.6 Å². The molecule has 1 unspecified atom stereocenters. The van der Waals surface area contributed by atoms with Gasteiger partial charge in [-0.15, -0.1) is 0 Å². The summed E-state index contributed by atoms with van der Waals surface area (Å²) in [4.78, 5) is 26.0. The molecule has 1 saturated heterocycles. The van der Waals surface area contributed by atoms with Crippen LogP contribution in [-0.2, 0) is 9.47 Å². The molecule has 5 fully saturated rings. The maximum atomic E-state index is 12.2. The number of alkyl carbamates (subject to hydrolysis) is 1. The summed E-state index contributed by atoms with van der Waals surface area (Å²) in [6, 6.07) is 0. The van der Waals surface area contributed by atoms with E-state index in [2.05, 4.69) is 5.32 Å². The lowest BCUT2D eigenvalue weighted by Gasteiger charge is -2.72. The maximum absolute atomic E-state index is 12.2. The van der Waals surface area contributed by atoms with Crippen molar-refractivity contribution in [1.82, 2.24) is 10.2 Å². The van der Waals surface area contributed by atoms with E-state index >= 15 is 0 Å². The number of cyclic esters (lactones) is 1. The molecule has 0 aromatic carbocycles. The third-order valence-electron chi connectivity index (χ3n) is 5.85. The zero-order valence-electron chi connectivity index (χ0n) is 14.5. The first-order valence-corrected chi connectivity index (χ1v) is 8.77. The van der Waals surface area contributed by atoms with Gasteiger partial charge in [0, 0.05) is 5.92 Å². The fourth-order valence-corrected chi connectivity index (χ4v) is 4.72. The van der Waals surface area contributed by atoms with Gasteiger partial charge in [-0.05, 0) is 52.9 Å². The molecule has 1 atom stereocenters. The average Bonchev–Trinajstić information content (AvgIpc) is 2.67. The summed E-state index contributed by atoms with van der Waals surface area (Å²) in [7, 11) is 0. The summed E-state index contributed by atoms with van der Waals surface area (Å²) in [6.45, 7) is 6.13. The van der Waals surface area contributed by atoms with Crippen LogP contribution in [0.4, 0.5) is 9.59 Å². The van der Waals surface area contributed by atoms with Gasteiger partial charge in [0.15, 0.2) is 0 Å². The van der Waals surface area contributed by atoms with Crippen molar-refractivity contribution >= 4 is 12.2 Å². The molecule has 5 rings (SSSR count). The standard InChI is InChI=1S/C17H26N2O5/c1-15(2,3)24-13(21)18-16-7-17(8-16,9-16)19-6-12(23-14(19)22)10-4-11(20)5-10/h10-12,20H,4-9H2,1-3H3,(H,18,21)/t10-,11+,12?,16?,17?. The minimum atomic E-state index is -0.509. The molecule has 7 heteroatoms. The summed E-state index contributed by atoms with van der Waals surface area (Å²) in [6.07, 6.45) is 2.81. The molecule has 4 saturated carbocycles. The fourth-order valence-electron chi connectivity index (χ4n) is 4.72. The highest BCUT2D eigenvalue weighted by Crippen LogP contribution is 2.64. The molecular formula is C17H26N2O5. The Morgan fingerprint density at radius 3 is 2.50 bits per heavy atom. The Balaban J connectivity index is 1.30. The van der Waals surface area contributed by atoms with Crippen LogP contribution in [0.2, 0.25) is 0 Å². The largest absolute Gasteiger partial charge is 0.444 e. The first kappa shape index (κ1) is 16.0. The maximum Gasteiger partial charge on any atom is 0.410 e. The SMILES string of the molecule is CC(C)(C)OC(=O)NC12CC(N3CC([C@H]4C[C@@H](O)C4)OC3=O)(C1)C2. The van der Waals surface area contributed by atoms with Gasteiger partial charge in [0.05, 0.1) is 23.7 Å². The average molecular weight is 338 g/mol. The lowest BCUT2D eigenvalue weighted by Crippen LogP contribution is -2.84. The number of hydrogen-bond donors (Lipinski definition) is 2. The highest BCUT2D eigenvalue weighted by atomic mass is 16.6. The number of rotatable bonds is 3. The molecule has 2 N–H and O–H groups in total. The van der Waals surface area contributed by atoms with Crippen LogP contribution in [0.5, 0.6) is 0 Å². The van der Waals surface area contributed by atoms with Crippen LogP contribution < -0.4 is 5.32 Å². The van der Waals surface area contributed by atoms with E-state index in [1.165, 1.54) is 0 Å². The van der Waals surface area contributed by atoms with E-state index in [0.717, 1.165) is 32.1 Å². The lowest BCUT2D eigenvalue weighted by molar-refractivity contribution is -0.154. The first-order chi connectivity index (χ1) is 11.1. The number of carbonyl (C=O) groups excluding carboxylic acids is 2. The van der Waals surface area contributed by atoms with Crippen LogP contribution in [0.3, 0.4) is 0 Å². The molecular weight excluding hydrogens is 312 g/mol. The molecule has 1 aliphatic heterocycles. The normalized spacial score (nSPS) is 43.2. The van der Waals surface area contributed by atoms with Gasteiger partial charge < -0.3 is 19.9 Å². The lowest BCUT2D eigenvalue weighted by atomic mass is 9.43. The van der Waals surface area contributed by atoms with Crippen molar-refractivity contribution in [2.24, 2.45) is 5.92 Å². The summed E-state index contributed by atoms with van der Waals surface area (Å²) in [5.41, 5.74) is -0.874. The zero-order valence-corrected chi connectivity index (χ0v) is 14.5. The van der Waals surface area contributed by atoms with Gasteiger partial charge in [-0.2, -0.15) is 0 Å². The molecule has 134 valence electrons. The molecule has 0 radical (unpaired) electrons. The Hall–Kier alpha value is -1.50. The van der Waals surface area contributed by atoms with Gasteiger partial charge in [0.2, 0.25) is 0 Å². The van der Waals surface area contributed by atoms with E-state index in [-0.39, 0.29) is 41.4 Å². The quantitative estimate of drug-likeness (QED) is 0.819. The zero-order chi connectivity index (χ0) is 17.3. The smallest absolute Gasteiger partial charge is 0.410 e. The van der Waals surface area contributed by atoms with E-state index in [1.54, 1.807) is 0 Å². The van der Waals surface area contributed by atoms with Gasteiger partial charge in [-0.1, -0.05) is 0 Å². The Morgan fingerprint density at radius 1 is 1.33 bits per heavy atom. The van der Waals surface area contributed by atoms with E-state index in [9.17, 15) is 14.7 Å². The van der Waals surface area contributed by atoms with Gasteiger partial charge in [-0.25, -0.2) is 9.59 Å². The van der Waals surface area contributed by atoms with Crippen LogP contribution >= 0.6 is 0 Å². The fraction of sp³-hybridized carbons (Fsp3) is 0.882. The molecule has 4 aliphatic carbocycles. The second-order valence-electron chi connectivity index (χ2n) is 9.08. The van der Waals surface area contributed by atoms with Crippen molar-refractivity contribution < 1.29 is 24.2 Å².